The van der Waals surface area contributed by atoms with Gasteiger partial charge in [0.1, 0.15) is 0 Å². The van der Waals surface area contributed by atoms with Gasteiger partial charge in [0.25, 0.3) is 5.89 Å². The summed E-state index contributed by atoms with van der Waals surface area (Å²) in [5.74, 6) is 1.08. The van der Waals surface area contributed by atoms with E-state index in [-0.39, 0.29) is 6.04 Å². The number of nitrogens with one attached hydrogen (secondary N) is 1. The molecule has 5 rings (SSSR count). The molecule has 1 aliphatic rings. The zero-order valence-corrected chi connectivity index (χ0v) is 19.4. The number of benzene rings is 2. The highest BCUT2D eigenvalue weighted by Crippen LogP contribution is 2.38. The van der Waals surface area contributed by atoms with Gasteiger partial charge >= 0.3 is 0 Å². The van der Waals surface area contributed by atoms with Crippen molar-refractivity contribution in [2.24, 2.45) is 0 Å². The minimum Gasteiger partial charge on any atom is -0.351 e. The number of thiocarbonyl (C=S) groups is 1. The molecule has 0 amide bonds. The van der Waals surface area contributed by atoms with Gasteiger partial charge < -0.3 is 14.7 Å². The van der Waals surface area contributed by atoms with E-state index in [0.717, 1.165) is 28.0 Å². The van der Waals surface area contributed by atoms with Gasteiger partial charge in [-0.1, -0.05) is 65.3 Å². The van der Waals surface area contributed by atoms with Crippen LogP contribution in [-0.4, -0.2) is 20.2 Å². The number of aromatic nitrogens is 2. The van der Waals surface area contributed by atoms with Crippen molar-refractivity contribution in [1.29, 1.82) is 0 Å². The number of nitrogens with zero attached hydrogens (tertiary/aromatic N) is 3. The van der Waals surface area contributed by atoms with Gasteiger partial charge in [0.05, 0.1) is 18.2 Å². The standard InChI is InChI=1S/C25H22N4OS2/c1-16-8-6-11-19(14-16)23-27-24(30-28-23)21-17(2)29(15-20-12-7-13-32-20)25(31)26-22(21)18-9-4-3-5-10-18/h3-14,22H,15H2,1-2H3,(H,26,31). The van der Waals surface area contributed by atoms with E-state index < -0.39 is 0 Å². The molecule has 0 spiro atoms. The van der Waals surface area contributed by atoms with Crippen molar-refractivity contribution >= 4 is 34.2 Å². The minimum atomic E-state index is -0.172. The van der Waals surface area contributed by atoms with Crippen LogP contribution in [-0.2, 0) is 6.54 Å². The Labute approximate surface area is 196 Å². The second-order valence-corrected chi connectivity index (χ2v) is 9.17. The number of allylic oxidation sites excluding steroid dienone is 1. The summed E-state index contributed by atoms with van der Waals surface area (Å²) in [4.78, 5) is 8.12. The summed E-state index contributed by atoms with van der Waals surface area (Å²) >= 11 is 7.49. The van der Waals surface area contributed by atoms with Crippen molar-refractivity contribution in [2.45, 2.75) is 26.4 Å². The molecule has 0 radical (unpaired) electrons. The normalized spacial score (nSPS) is 16.4. The Kier molecular flexibility index (Phi) is 5.59. The molecule has 7 heteroatoms. The first-order valence-corrected chi connectivity index (χ1v) is 11.7. The van der Waals surface area contributed by atoms with Crippen LogP contribution in [0.2, 0.25) is 0 Å². The van der Waals surface area contributed by atoms with E-state index in [0.29, 0.717) is 23.4 Å². The van der Waals surface area contributed by atoms with E-state index in [1.807, 2.05) is 30.3 Å². The third-order valence-electron chi connectivity index (χ3n) is 5.56. The summed E-state index contributed by atoms with van der Waals surface area (Å²) < 4.78 is 5.81. The fourth-order valence-electron chi connectivity index (χ4n) is 3.94. The Bertz CT molecular complexity index is 1280. The molecule has 5 nitrogen and oxygen atoms in total. The lowest BCUT2D eigenvalue weighted by Crippen LogP contribution is -2.45. The number of rotatable bonds is 5. The third-order valence-corrected chi connectivity index (χ3v) is 6.76. The van der Waals surface area contributed by atoms with Crippen molar-refractivity contribution in [3.8, 4) is 11.4 Å². The van der Waals surface area contributed by atoms with Gasteiger partial charge in [0.2, 0.25) is 5.82 Å². The molecule has 1 unspecified atom stereocenters. The Hall–Kier alpha value is -3.29. The highest BCUT2D eigenvalue weighted by molar-refractivity contribution is 7.80. The van der Waals surface area contributed by atoms with Crippen LogP contribution in [0.1, 0.15) is 34.9 Å². The molecule has 0 aliphatic carbocycles. The van der Waals surface area contributed by atoms with Gasteiger partial charge in [-0.3, -0.25) is 0 Å². The van der Waals surface area contributed by atoms with Crippen LogP contribution in [0.3, 0.4) is 0 Å². The maximum absolute atomic E-state index is 5.81. The average molecular weight is 459 g/mol. The van der Waals surface area contributed by atoms with E-state index in [1.54, 1.807) is 11.3 Å². The SMILES string of the molecule is CC1=C(c2nc(-c3cccc(C)c3)no2)C(c2ccccc2)NC(=S)N1Cc1cccs1. The monoisotopic (exact) mass is 458 g/mol. The van der Waals surface area contributed by atoms with Crippen LogP contribution >= 0.6 is 23.6 Å². The number of thiophene rings is 1. The van der Waals surface area contributed by atoms with E-state index >= 15 is 0 Å². The minimum absolute atomic E-state index is 0.172. The summed E-state index contributed by atoms with van der Waals surface area (Å²) in [5.41, 5.74) is 5.13. The van der Waals surface area contributed by atoms with Gasteiger partial charge in [0, 0.05) is 16.1 Å². The Balaban J connectivity index is 1.60. The smallest absolute Gasteiger partial charge is 0.258 e. The molecule has 0 saturated carbocycles. The first-order valence-electron chi connectivity index (χ1n) is 10.4. The predicted molar refractivity (Wildman–Crippen MR) is 132 cm³/mol. The topological polar surface area (TPSA) is 54.2 Å². The van der Waals surface area contributed by atoms with Crippen molar-refractivity contribution in [3.05, 3.63) is 99.7 Å². The molecule has 160 valence electrons. The molecule has 1 atom stereocenters. The zero-order valence-electron chi connectivity index (χ0n) is 17.8. The second kappa shape index (κ2) is 8.68. The summed E-state index contributed by atoms with van der Waals surface area (Å²) in [7, 11) is 0. The molecule has 32 heavy (non-hydrogen) atoms. The Morgan fingerprint density at radius 2 is 1.91 bits per heavy atom. The summed E-state index contributed by atoms with van der Waals surface area (Å²) in [6, 6.07) is 22.3. The van der Waals surface area contributed by atoms with Gasteiger partial charge in [-0.05, 0) is 49.1 Å². The highest BCUT2D eigenvalue weighted by Gasteiger charge is 2.34. The van der Waals surface area contributed by atoms with Crippen LogP contribution in [0.25, 0.3) is 17.0 Å². The van der Waals surface area contributed by atoms with Gasteiger partial charge in [-0.2, -0.15) is 4.98 Å². The van der Waals surface area contributed by atoms with Crippen LogP contribution in [0, 0.1) is 6.92 Å². The molecule has 1 N–H and O–H groups in total. The van der Waals surface area contributed by atoms with Crippen molar-refractivity contribution in [3.63, 3.8) is 0 Å². The molecule has 0 bridgehead atoms. The molecule has 0 saturated heterocycles. The average Bonchev–Trinajstić information content (AvgIpc) is 3.49. The molecular weight excluding hydrogens is 436 g/mol. The van der Waals surface area contributed by atoms with Crippen molar-refractivity contribution < 1.29 is 4.52 Å². The van der Waals surface area contributed by atoms with Crippen molar-refractivity contribution in [1.82, 2.24) is 20.4 Å². The van der Waals surface area contributed by atoms with E-state index in [9.17, 15) is 0 Å². The van der Waals surface area contributed by atoms with Crippen LogP contribution in [0.4, 0.5) is 0 Å². The summed E-state index contributed by atoms with van der Waals surface area (Å²) in [6.07, 6.45) is 0. The molecular formula is C25H22N4OS2. The molecule has 3 heterocycles. The van der Waals surface area contributed by atoms with E-state index in [2.05, 4.69) is 71.0 Å². The second-order valence-electron chi connectivity index (χ2n) is 7.75. The first-order chi connectivity index (χ1) is 15.6. The largest absolute Gasteiger partial charge is 0.351 e. The maximum atomic E-state index is 5.81. The van der Waals surface area contributed by atoms with Gasteiger partial charge in [-0.25, -0.2) is 0 Å². The lowest BCUT2D eigenvalue weighted by atomic mass is 9.95. The van der Waals surface area contributed by atoms with Crippen LogP contribution < -0.4 is 5.32 Å². The van der Waals surface area contributed by atoms with Crippen LogP contribution in [0.15, 0.2) is 82.3 Å². The molecule has 2 aromatic carbocycles. The summed E-state index contributed by atoms with van der Waals surface area (Å²) in [5, 5.41) is 10.6. The zero-order chi connectivity index (χ0) is 22.1. The van der Waals surface area contributed by atoms with Gasteiger partial charge in [0.15, 0.2) is 5.11 Å². The summed E-state index contributed by atoms with van der Waals surface area (Å²) in [6.45, 7) is 4.82. The molecule has 2 aromatic heterocycles. The predicted octanol–water partition coefficient (Wildman–Crippen LogP) is 5.97. The van der Waals surface area contributed by atoms with Gasteiger partial charge in [-0.15, -0.1) is 11.3 Å². The molecule has 1 aliphatic heterocycles. The lowest BCUT2D eigenvalue weighted by Gasteiger charge is -2.37. The number of hydrogen-bond acceptors (Lipinski definition) is 5. The lowest BCUT2D eigenvalue weighted by molar-refractivity contribution is 0.396. The maximum Gasteiger partial charge on any atom is 0.258 e. The number of aryl methyl sites for hydroxylation is 1. The molecule has 0 fully saturated rings. The third kappa shape index (κ3) is 3.97. The molecule has 4 aromatic rings. The highest BCUT2D eigenvalue weighted by atomic mass is 32.1. The fraction of sp³-hybridized carbons (Fsp3) is 0.160. The quantitative estimate of drug-likeness (QED) is 0.372. The first kappa shape index (κ1) is 20.6. The van der Waals surface area contributed by atoms with E-state index in [4.69, 9.17) is 21.7 Å². The fourth-order valence-corrected chi connectivity index (χ4v) is 4.95. The Morgan fingerprint density at radius 1 is 1.06 bits per heavy atom. The van der Waals surface area contributed by atoms with Crippen LogP contribution in [0.5, 0.6) is 0 Å². The number of hydrogen-bond donors (Lipinski definition) is 1. The Morgan fingerprint density at radius 3 is 2.66 bits per heavy atom. The van der Waals surface area contributed by atoms with E-state index in [1.165, 1.54) is 4.88 Å². The van der Waals surface area contributed by atoms with Crippen molar-refractivity contribution in [2.75, 3.05) is 0 Å².